The van der Waals surface area contributed by atoms with Gasteiger partial charge in [-0.1, -0.05) is 23.5 Å². The number of benzene rings is 1. The van der Waals surface area contributed by atoms with Gasteiger partial charge in [0, 0.05) is 0 Å². The van der Waals surface area contributed by atoms with E-state index in [0.717, 1.165) is 4.90 Å². The van der Waals surface area contributed by atoms with Crippen LogP contribution in [0.3, 0.4) is 0 Å². The van der Waals surface area contributed by atoms with Gasteiger partial charge in [-0.25, -0.2) is 9.69 Å². The second kappa shape index (κ2) is 6.18. The quantitative estimate of drug-likeness (QED) is 0.932. The number of hydrogen-bond donors (Lipinski definition) is 1. The molecule has 6 nitrogen and oxygen atoms in total. The molecule has 2 N–H and O–H groups in total. The minimum Gasteiger partial charge on any atom is -0.492 e. The lowest BCUT2D eigenvalue weighted by molar-refractivity contribution is -0.138. The van der Waals surface area contributed by atoms with E-state index in [0.29, 0.717) is 12.4 Å². The maximum absolute atomic E-state index is 12.6. The number of primary amides is 1. The monoisotopic (exact) mass is 332 g/mol. The predicted octanol–water partition coefficient (Wildman–Crippen LogP) is 3.17. The van der Waals surface area contributed by atoms with E-state index in [1.165, 1.54) is 6.07 Å². The van der Waals surface area contributed by atoms with Crippen molar-refractivity contribution in [2.24, 2.45) is 5.73 Å². The third kappa shape index (κ3) is 3.27. The Morgan fingerprint density at radius 2 is 2.05 bits per heavy atom. The Morgan fingerprint density at radius 3 is 2.59 bits per heavy atom. The molecule has 1 aromatic heterocycles. The molecule has 0 atom stereocenters. The lowest BCUT2D eigenvalue weighted by Gasteiger charge is -2.19. The smallest absolute Gasteiger partial charge is 0.445 e. The number of nitrogens with zero attached hydrogens (tertiary/aromatic N) is 3. The number of para-hydroxylation sites is 2. The number of carbonyl (C=O) groups is 1. The first-order chi connectivity index (χ1) is 10.3. The second-order valence-electron chi connectivity index (χ2n) is 3.96. The average molecular weight is 332 g/mol. The summed E-state index contributed by atoms with van der Waals surface area (Å²) in [5.74, 6) is 0.299. The molecule has 0 aliphatic carbocycles. The highest BCUT2D eigenvalue weighted by molar-refractivity contribution is 7.15. The van der Waals surface area contributed by atoms with Crippen LogP contribution in [0.25, 0.3) is 0 Å². The zero-order chi connectivity index (χ0) is 16.3. The van der Waals surface area contributed by atoms with Crippen LogP contribution in [-0.4, -0.2) is 22.8 Å². The van der Waals surface area contributed by atoms with Crippen LogP contribution < -0.4 is 15.4 Å². The highest BCUT2D eigenvalue weighted by Crippen LogP contribution is 2.39. The van der Waals surface area contributed by atoms with Crippen molar-refractivity contribution in [2.45, 2.75) is 13.1 Å². The molecule has 2 amide bonds. The Hall–Kier alpha value is -2.36. The number of hydrogen-bond acceptors (Lipinski definition) is 5. The van der Waals surface area contributed by atoms with Gasteiger partial charge in [-0.15, -0.1) is 10.2 Å². The van der Waals surface area contributed by atoms with Gasteiger partial charge in [0.25, 0.3) is 0 Å². The molecule has 118 valence electrons. The minimum atomic E-state index is -4.64. The number of alkyl halides is 3. The molecule has 0 radical (unpaired) electrons. The Labute approximate surface area is 127 Å². The number of urea groups is 1. The fourth-order valence-electron chi connectivity index (χ4n) is 1.66. The summed E-state index contributed by atoms with van der Waals surface area (Å²) < 4.78 is 43.2. The molecule has 2 rings (SSSR count). The van der Waals surface area contributed by atoms with Crippen LogP contribution in [0, 0.1) is 0 Å². The number of halogens is 3. The van der Waals surface area contributed by atoms with Gasteiger partial charge in [-0.3, -0.25) is 0 Å². The van der Waals surface area contributed by atoms with E-state index < -0.39 is 17.2 Å². The van der Waals surface area contributed by atoms with Gasteiger partial charge in [0.05, 0.1) is 12.3 Å². The van der Waals surface area contributed by atoms with Crippen LogP contribution in [0.4, 0.5) is 28.8 Å². The number of amides is 2. The summed E-state index contributed by atoms with van der Waals surface area (Å²) in [4.78, 5) is 12.5. The summed E-state index contributed by atoms with van der Waals surface area (Å²) in [5, 5.41) is 5.00. The largest absolute Gasteiger partial charge is 0.492 e. The molecule has 0 fully saturated rings. The van der Waals surface area contributed by atoms with Crippen molar-refractivity contribution in [3.05, 3.63) is 29.3 Å². The van der Waals surface area contributed by atoms with E-state index in [4.69, 9.17) is 10.5 Å². The van der Waals surface area contributed by atoms with Crippen LogP contribution in [0.15, 0.2) is 24.3 Å². The molecule has 0 spiro atoms. The molecule has 10 heteroatoms. The average Bonchev–Trinajstić information content (AvgIpc) is 2.90. The number of carbonyl (C=O) groups excluding carboxylic acids is 1. The molecular weight excluding hydrogens is 321 g/mol. The Bertz CT molecular complexity index is 674. The molecule has 0 saturated heterocycles. The number of rotatable bonds is 4. The molecule has 0 saturated carbocycles. The molecule has 22 heavy (non-hydrogen) atoms. The van der Waals surface area contributed by atoms with Crippen molar-refractivity contribution in [3.8, 4) is 5.75 Å². The summed E-state index contributed by atoms with van der Waals surface area (Å²) >= 11 is 0.220. The minimum absolute atomic E-state index is 0.196. The Balaban J connectivity index is 2.48. The van der Waals surface area contributed by atoms with E-state index in [1.807, 2.05) is 0 Å². The van der Waals surface area contributed by atoms with Crippen molar-refractivity contribution >= 4 is 28.2 Å². The van der Waals surface area contributed by atoms with Crippen LogP contribution >= 0.6 is 11.3 Å². The first kappa shape index (κ1) is 16.0. The number of nitrogens with two attached hydrogens (primary N) is 1. The van der Waals surface area contributed by atoms with Gasteiger partial charge < -0.3 is 10.5 Å². The normalized spacial score (nSPS) is 11.3. The molecular formula is C12H11F3N4O2S. The van der Waals surface area contributed by atoms with E-state index in [9.17, 15) is 18.0 Å². The zero-order valence-corrected chi connectivity index (χ0v) is 12.1. The van der Waals surface area contributed by atoms with Gasteiger partial charge in [-0.2, -0.15) is 13.2 Å². The molecule has 2 aromatic rings. The number of ether oxygens (including phenoxy) is 1. The van der Waals surface area contributed by atoms with Gasteiger partial charge in [0.2, 0.25) is 10.1 Å². The van der Waals surface area contributed by atoms with Crippen molar-refractivity contribution in [1.82, 2.24) is 10.2 Å². The third-order valence-corrected chi connectivity index (χ3v) is 3.43. The summed E-state index contributed by atoms with van der Waals surface area (Å²) in [6.45, 7) is 2.05. The Morgan fingerprint density at radius 1 is 1.36 bits per heavy atom. The van der Waals surface area contributed by atoms with Gasteiger partial charge in [-0.05, 0) is 19.1 Å². The third-order valence-electron chi connectivity index (χ3n) is 2.47. The van der Waals surface area contributed by atoms with Crippen molar-refractivity contribution in [3.63, 3.8) is 0 Å². The molecule has 0 unspecified atom stereocenters. The van der Waals surface area contributed by atoms with Gasteiger partial charge >= 0.3 is 12.2 Å². The lowest BCUT2D eigenvalue weighted by atomic mass is 10.2. The molecule has 1 aromatic carbocycles. The first-order valence-corrected chi connectivity index (χ1v) is 6.88. The fraction of sp³-hybridized carbons (Fsp3) is 0.250. The predicted molar refractivity (Wildman–Crippen MR) is 74.2 cm³/mol. The highest BCUT2D eigenvalue weighted by atomic mass is 32.1. The maximum Gasteiger partial charge on any atom is 0.445 e. The molecule has 0 aliphatic heterocycles. The van der Waals surface area contributed by atoms with Crippen LogP contribution in [-0.2, 0) is 6.18 Å². The molecule has 0 bridgehead atoms. The van der Waals surface area contributed by atoms with Crippen molar-refractivity contribution in [2.75, 3.05) is 11.5 Å². The van der Waals surface area contributed by atoms with E-state index in [1.54, 1.807) is 25.1 Å². The lowest BCUT2D eigenvalue weighted by Crippen LogP contribution is -2.31. The molecule has 0 aliphatic rings. The standard InChI is InChI=1S/C12H11F3N4O2S/c1-2-21-8-6-4-3-5-7(8)19(10(16)20)11-18-17-9(22-11)12(13,14)15/h3-6H,2H2,1H3,(H2,16,20). The summed E-state index contributed by atoms with van der Waals surface area (Å²) in [5.41, 5.74) is 5.47. The Kier molecular flexibility index (Phi) is 4.50. The maximum atomic E-state index is 12.6. The molecule has 1 heterocycles. The SMILES string of the molecule is CCOc1ccccc1N(C(N)=O)c1nnc(C(F)(F)F)s1. The summed E-state index contributed by atoms with van der Waals surface area (Å²) in [6.07, 6.45) is -4.64. The van der Waals surface area contributed by atoms with Gasteiger partial charge in [0.1, 0.15) is 5.75 Å². The second-order valence-corrected chi connectivity index (χ2v) is 4.92. The van der Waals surface area contributed by atoms with Crippen LogP contribution in [0.2, 0.25) is 0 Å². The van der Waals surface area contributed by atoms with Crippen molar-refractivity contribution < 1.29 is 22.7 Å². The zero-order valence-electron chi connectivity index (χ0n) is 11.3. The first-order valence-electron chi connectivity index (χ1n) is 6.06. The van der Waals surface area contributed by atoms with E-state index in [2.05, 4.69) is 10.2 Å². The van der Waals surface area contributed by atoms with Crippen LogP contribution in [0.5, 0.6) is 5.75 Å². The van der Waals surface area contributed by atoms with Crippen molar-refractivity contribution in [1.29, 1.82) is 0 Å². The highest BCUT2D eigenvalue weighted by Gasteiger charge is 2.37. The summed E-state index contributed by atoms with van der Waals surface area (Å²) in [7, 11) is 0. The van der Waals surface area contributed by atoms with Crippen LogP contribution in [0.1, 0.15) is 11.9 Å². The number of anilines is 2. The van der Waals surface area contributed by atoms with Gasteiger partial charge in [0.15, 0.2) is 0 Å². The fourth-order valence-corrected chi connectivity index (χ4v) is 2.39. The van der Waals surface area contributed by atoms with E-state index in [-0.39, 0.29) is 22.2 Å². The number of aromatic nitrogens is 2. The van der Waals surface area contributed by atoms with E-state index >= 15 is 0 Å². The topological polar surface area (TPSA) is 81.3 Å². The summed E-state index contributed by atoms with van der Waals surface area (Å²) in [6, 6.07) is 5.33.